The van der Waals surface area contributed by atoms with E-state index in [0.29, 0.717) is 5.75 Å². The summed E-state index contributed by atoms with van der Waals surface area (Å²) < 4.78 is 11.7. The van der Waals surface area contributed by atoms with E-state index < -0.39 is 11.4 Å². The summed E-state index contributed by atoms with van der Waals surface area (Å²) in [5.41, 5.74) is 5.64. The molecule has 1 heterocycles. The van der Waals surface area contributed by atoms with Crippen LogP contribution in [0.1, 0.15) is 64.7 Å². The van der Waals surface area contributed by atoms with Gasteiger partial charge in [-0.15, -0.1) is 0 Å². The molecule has 1 aliphatic rings. The number of aromatic hydroxyl groups is 1. The van der Waals surface area contributed by atoms with Gasteiger partial charge >= 0.3 is 0 Å². The highest BCUT2D eigenvalue weighted by Gasteiger charge is 2.27. The molecule has 0 bridgehead atoms. The molecular formula is C18H28N2O2S. The summed E-state index contributed by atoms with van der Waals surface area (Å²) in [6, 6.07) is 4.17. The van der Waals surface area contributed by atoms with E-state index in [4.69, 9.17) is 0 Å². The highest BCUT2D eigenvalue weighted by Crippen LogP contribution is 2.40. The van der Waals surface area contributed by atoms with Crippen molar-refractivity contribution in [2.24, 2.45) is 0 Å². The first kappa shape index (κ1) is 18.2. The third kappa shape index (κ3) is 4.22. The number of nitrogens with one attached hydrogen (secondary N) is 2. The Balaban J connectivity index is 2.36. The molecule has 0 aromatic heterocycles. The highest BCUT2D eigenvalue weighted by molar-refractivity contribution is 7.93. The van der Waals surface area contributed by atoms with Crippen molar-refractivity contribution in [2.75, 3.05) is 0 Å². The Kier molecular flexibility index (Phi) is 5.04. The Morgan fingerprint density at radius 1 is 1.00 bits per heavy atom. The van der Waals surface area contributed by atoms with E-state index in [2.05, 4.69) is 63.9 Å². The van der Waals surface area contributed by atoms with Crippen LogP contribution in [0.3, 0.4) is 0 Å². The molecule has 1 aromatic rings. The third-order valence-corrected chi connectivity index (χ3v) is 5.17. The SMILES string of the molecule is CC(C)(C)c1cc(CCC2=CNN[S+]2[O-])cc(C(C)(C)C)c1O. The van der Waals surface area contributed by atoms with Crippen LogP contribution in [0.25, 0.3) is 0 Å². The fourth-order valence-electron chi connectivity index (χ4n) is 2.70. The van der Waals surface area contributed by atoms with Crippen LogP contribution in [-0.4, -0.2) is 9.66 Å². The molecule has 1 atom stereocenters. The lowest BCUT2D eigenvalue weighted by molar-refractivity contribution is 0.422. The second-order valence-corrected chi connectivity index (χ2v) is 9.43. The average Bonchev–Trinajstić information content (AvgIpc) is 2.80. The van der Waals surface area contributed by atoms with Crippen molar-refractivity contribution in [3.05, 3.63) is 39.9 Å². The predicted octanol–water partition coefficient (Wildman–Crippen LogP) is 3.53. The number of phenolic OH excluding ortho intramolecular Hbond substituents is 1. The van der Waals surface area contributed by atoms with Crippen molar-refractivity contribution >= 4 is 11.4 Å². The van der Waals surface area contributed by atoms with Crippen molar-refractivity contribution in [1.29, 1.82) is 0 Å². The molecule has 0 aliphatic carbocycles. The maximum atomic E-state index is 11.7. The number of hydrogen-bond donors (Lipinski definition) is 3. The Hall–Kier alpha value is -1.17. The van der Waals surface area contributed by atoms with E-state index >= 15 is 0 Å². The summed E-state index contributed by atoms with van der Waals surface area (Å²) in [5.74, 6) is 0.403. The fraction of sp³-hybridized carbons (Fsp3) is 0.556. The maximum absolute atomic E-state index is 11.7. The summed E-state index contributed by atoms with van der Waals surface area (Å²) in [6.07, 6.45) is 3.30. The number of phenols is 1. The molecule has 0 radical (unpaired) electrons. The molecule has 5 heteroatoms. The zero-order valence-corrected chi connectivity index (χ0v) is 15.7. The lowest BCUT2D eigenvalue weighted by Gasteiger charge is -2.28. The molecule has 1 unspecified atom stereocenters. The van der Waals surface area contributed by atoms with Crippen LogP contribution in [0, 0.1) is 0 Å². The molecule has 23 heavy (non-hydrogen) atoms. The summed E-state index contributed by atoms with van der Waals surface area (Å²) >= 11 is -1.13. The Morgan fingerprint density at radius 2 is 1.52 bits per heavy atom. The Labute approximate surface area is 142 Å². The van der Waals surface area contributed by atoms with E-state index in [1.807, 2.05) is 0 Å². The van der Waals surface area contributed by atoms with Crippen LogP contribution in [-0.2, 0) is 28.6 Å². The van der Waals surface area contributed by atoms with E-state index in [1.54, 1.807) is 6.20 Å². The largest absolute Gasteiger partial charge is 0.592 e. The summed E-state index contributed by atoms with van der Waals surface area (Å²) in [5, 5.41) is 10.7. The molecule has 128 valence electrons. The molecular weight excluding hydrogens is 308 g/mol. The molecule has 1 aromatic carbocycles. The second kappa shape index (κ2) is 6.38. The van der Waals surface area contributed by atoms with Crippen LogP contribution < -0.4 is 10.3 Å². The smallest absolute Gasteiger partial charge is 0.170 e. The number of aryl methyl sites for hydroxylation is 1. The van der Waals surface area contributed by atoms with Gasteiger partial charge in [0.2, 0.25) is 0 Å². The molecule has 1 aliphatic heterocycles. The quantitative estimate of drug-likeness (QED) is 0.739. The zero-order valence-electron chi connectivity index (χ0n) is 14.9. The van der Waals surface area contributed by atoms with Gasteiger partial charge in [0.05, 0.1) is 17.6 Å². The van der Waals surface area contributed by atoms with Crippen LogP contribution in [0.5, 0.6) is 5.75 Å². The molecule has 4 nitrogen and oxygen atoms in total. The first-order valence-corrected chi connectivity index (χ1v) is 9.14. The first-order chi connectivity index (χ1) is 10.5. The normalized spacial score (nSPS) is 18.7. The molecule has 0 fully saturated rings. The number of rotatable bonds is 3. The molecule has 0 saturated carbocycles. The number of benzene rings is 1. The minimum atomic E-state index is -1.13. The van der Waals surface area contributed by atoms with Gasteiger partial charge in [-0.05, 0) is 38.8 Å². The van der Waals surface area contributed by atoms with Crippen LogP contribution in [0.2, 0.25) is 0 Å². The Bertz CT molecular complexity index is 577. The second-order valence-electron chi connectivity index (χ2n) is 8.17. The Morgan fingerprint density at radius 3 is 1.91 bits per heavy atom. The summed E-state index contributed by atoms with van der Waals surface area (Å²) in [4.78, 5) is 3.54. The third-order valence-electron chi connectivity index (χ3n) is 4.07. The van der Waals surface area contributed by atoms with Gasteiger partial charge in [0, 0.05) is 6.42 Å². The van der Waals surface area contributed by atoms with E-state index in [0.717, 1.165) is 28.9 Å². The standard InChI is InChI=1S/C18H28N2O2S/c1-17(2,3)14-9-12(7-8-13-11-19-20-23(13)22)10-15(16(14)21)18(4,5)6/h9-11,19-21H,7-8H2,1-6H3. The maximum Gasteiger partial charge on any atom is 0.170 e. The van der Waals surface area contributed by atoms with Crippen LogP contribution in [0.15, 0.2) is 23.2 Å². The lowest BCUT2D eigenvalue weighted by atomic mass is 9.78. The van der Waals surface area contributed by atoms with Gasteiger partial charge < -0.3 is 9.66 Å². The molecule has 0 saturated heterocycles. The monoisotopic (exact) mass is 336 g/mol. The summed E-state index contributed by atoms with van der Waals surface area (Å²) in [7, 11) is 0. The van der Waals surface area contributed by atoms with Gasteiger partial charge in [-0.2, -0.15) is 0 Å². The van der Waals surface area contributed by atoms with Crippen LogP contribution >= 0.6 is 0 Å². The van der Waals surface area contributed by atoms with Crippen molar-refractivity contribution in [2.45, 2.75) is 65.2 Å². The van der Waals surface area contributed by atoms with E-state index in [9.17, 15) is 9.66 Å². The fourth-order valence-corrected chi connectivity index (χ4v) is 3.45. The zero-order chi connectivity index (χ0) is 17.4. The number of hydrazine groups is 1. The van der Waals surface area contributed by atoms with Gasteiger partial charge in [0.15, 0.2) is 4.91 Å². The molecule has 2 rings (SSSR count). The first-order valence-electron chi connectivity index (χ1n) is 7.99. The number of allylic oxidation sites excluding steroid dienone is 1. The van der Waals surface area contributed by atoms with Crippen molar-refractivity contribution < 1.29 is 9.66 Å². The van der Waals surface area contributed by atoms with E-state index in [-0.39, 0.29) is 10.8 Å². The van der Waals surface area contributed by atoms with Gasteiger partial charge in [-0.25, -0.2) is 0 Å². The minimum Gasteiger partial charge on any atom is -0.592 e. The molecule has 0 amide bonds. The average molecular weight is 337 g/mol. The topological polar surface area (TPSA) is 67.3 Å². The summed E-state index contributed by atoms with van der Waals surface area (Å²) in [6.45, 7) is 12.7. The van der Waals surface area contributed by atoms with Gasteiger partial charge in [0.25, 0.3) is 0 Å². The van der Waals surface area contributed by atoms with Crippen molar-refractivity contribution in [3.8, 4) is 5.75 Å². The van der Waals surface area contributed by atoms with E-state index in [1.165, 1.54) is 5.56 Å². The predicted molar refractivity (Wildman–Crippen MR) is 96.3 cm³/mol. The van der Waals surface area contributed by atoms with Gasteiger partial charge in [-0.3, -0.25) is 5.43 Å². The minimum absolute atomic E-state index is 0.126. The number of hydrogen-bond acceptors (Lipinski definition) is 4. The highest BCUT2D eigenvalue weighted by atomic mass is 32.2. The lowest BCUT2D eigenvalue weighted by Crippen LogP contribution is -2.26. The van der Waals surface area contributed by atoms with Crippen molar-refractivity contribution in [1.82, 2.24) is 10.3 Å². The van der Waals surface area contributed by atoms with Crippen LogP contribution in [0.4, 0.5) is 0 Å². The van der Waals surface area contributed by atoms with Gasteiger partial charge in [0.1, 0.15) is 5.75 Å². The van der Waals surface area contributed by atoms with Crippen molar-refractivity contribution in [3.63, 3.8) is 0 Å². The molecule has 0 spiro atoms. The van der Waals surface area contributed by atoms with Gasteiger partial charge in [-0.1, -0.05) is 53.7 Å². The molecule has 3 N–H and O–H groups in total.